The minimum Gasteiger partial charge on any atom is -0.497 e. The van der Waals surface area contributed by atoms with Crippen molar-refractivity contribution in [2.45, 2.75) is 6.92 Å². The summed E-state index contributed by atoms with van der Waals surface area (Å²) in [6.07, 6.45) is 0. The molecule has 0 aliphatic heterocycles. The Hall–Kier alpha value is -2.79. The van der Waals surface area contributed by atoms with Gasteiger partial charge in [0.25, 0.3) is 5.91 Å². The van der Waals surface area contributed by atoms with Crippen LogP contribution in [0.4, 0.5) is 5.69 Å². The third-order valence-electron chi connectivity index (χ3n) is 3.64. The van der Waals surface area contributed by atoms with Crippen molar-refractivity contribution in [3.8, 4) is 16.9 Å². The summed E-state index contributed by atoms with van der Waals surface area (Å²) in [6.45, 7) is 2.02. The first-order valence-electron chi connectivity index (χ1n) is 7.53. The van der Waals surface area contributed by atoms with Gasteiger partial charge in [0.05, 0.1) is 17.7 Å². The lowest BCUT2D eigenvalue weighted by Gasteiger charge is -2.06. The number of para-hydroxylation sites is 1. The largest absolute Gasteiger partial charge is 0.497 e. The summed E-state index contributed by atoms with van der Waals surface area (Å²) in [6, 6.07) is 19.3. The molecule has 122 valence electrons. The van der Waals surface area contributed by atoms with Gasteiger partial charge < -0.3 is 4.74 Å². The average molecular weight is 338 g/mol. The molecule has 5 heteroatoms. The summed E-state index contributed by atoms with van der Waals surface area (Å²) in [5.41, 5.74) is 8.62. The summed E-state index contributed by atoms with van der Waals surface area (Å²) in [5, 5.41) is 0. The predicted octanol–water partition coefficient (Wildman–Crippen LogP) is 4.49. The molecular formula is C19H18N2O2S. The smallest absolute Gasteiger partial charge is 0.279 e. The van der Waals surface area contributed by atoms with Gasteiger partial charge >= 0.3 is 0 Å². The Morgan fingerprint density at radius 3 is 2.42 bits per heavy atom. The SMILES string of the molecule is COc1ccc(-c2cc(C(=O)NNc3ccccc3)sc2C)cc1. The van der Waals surface area contributed by atoms with E-state index < -0.39 is 0 Å². The van der Waals surface area contributed by atoms with E-state index >= 15 is 0 Å². The molecule has 0 aliphatic rings. The standard InChI is InChI=1S/C19H18N2O2S/c1-13-17(14-8-10-16(23-2)11-9-14)12-18(24-13)19(22)21-20-15-6-4-3-5-7-15/h3-12,20H,1-2H3,(H,21,22). The molecule has 2 N–H and O–H groups in total. The van der Waals surface area contributed by atoms with Crippen LogP contribution in [0, 0.1) is 6.92 Å². The Bertz CT molecular complexity index is 826. The van der Waals surface area contributed by atoms with Crippen LogP contribution in [0.5, 0.6) is 5.75 Å². The van der Waals surface area contributed by atoms with Crippen molar-refractivity contribution in [3.63, 3.8) is 0 Å². The maximum atomic E-state index is 12.3. The molecule has 1 amide bonds. The summed E-state index contributed by atoms with van der Waals surface area (Å²) in [7, 11) is 1.65. The molecule has 0 atom stereocenters. The van der Waals surface area contributed by atoms with Gasteiger partial charge in [-0.2, -0.15) is 0 Å². The normalized spacial score (nSPS) is 10.2. The molecular weight excluding hydrogens is 320 g/mol. The zero-order valence-electron chi connectivity index (χ0n) is 13.5. The number of hydrazine groups is 1. The molecule has 0 saturated heterocycles. The van der Waals surface area contributed by atoms with E-state index in [4.69, 9.17) is 4.74 Å². The predicted molar refractivity (Wildman–Crippen MR) is 98.6 cm³/mol. The Morgan fingerprint density at radius 2 is 1.75 bits per heavy atom. The topological polar surface area (TPSA) is 50.4 Å². The van der Waals surface area contributed by atoms with Crippen molar-refractivity contribution in [1.82, 2.24) is 5.43 Å². The highest BCUT2D eigenvalue weighted by Crippen LogP contribution is 2.32. The number of aryl methyl sites for hydroxylation is 1. The highest BCUT2D eigenvalue weighted by atomic mass is 32.1. The molecule has 3 aromatic rings. The molecule has 4 nitrogen and oxygen atoms in total. The van der Waals surface area contributed by atoms with Gasteiger partial charge in [-0.25, -0.2) is 0 Å². The molecule has 0 saturated carbocycles. The van der Waals surface area contributed by atoms with Crippen LogP contribution in [-0.4, -0.2) is 13.0 Å². The van der Waals surface area contributed by atoms with E-state index in [0.717, 1.165) is 27.4 Å². The van der Waals surface area contributed by atoms with Crippen LogP contribution in [0.25, 0.3) is 11.1 Å². The number of methoxy groups -OCH3 is 1. The van der Waals surface area contributed by atoms with E-state index in [1.807, 2.05) is 67.6 Å². The summed E-state index contributed by atoms with van der Waals surface area (Å²) >= 11 is 1.48. The summed E-state index contributed by atoms with van der Waals surface area (Å²) < 4.78 is 5.18. The molecule has 0 fully saturated rings. The van der Waals surface area contributed by atoms with Gasteiger partial charge in [-0.15, -0.1) is 11.3 Å². The van der Waals surface area contributed by atoms with E-state index in [1.165, 1.54) is 11.3 Å². The molecule has 2 aromatic carbocycles. The van der Waals surface area contributed by atoms with Crippen molar-refractivity contribution < 1.29 is 9.53 Å². The van der Waals surface area contributed by atoms with Gasteiger partial charge in [0.2, 0.25) is 0 Å². The fourth-order valence-electron chi connectivity index (χ4n) is 2.36. The molecule has 0 radical (unpaired) electrons. The maximum absolute atomic E-state index is 12.3. The zero-order valence-corrected chi connectivity index (χ0v) is 14.3. The van der Waals surface area contributed by atoms with Crippen LogP contribution in [0.2, 0.25) is 0 Å². The number of carbonyl (C=O) groups excluding carboxylic acids is 1. The van der Waals surface area contributed by atoms with Crippen LogP contribution in [-0.2, 0) is 0 Å². The number of amides is 1. The minimum absolute atomic E-state index is 0.147. The number of hydrogen-bond donors (Lipinski definition) is 2. The Kier molecular flexibility index (Phi) is 4.82. The molecule has 0 bridgehead atoms. The van der Waals surface area contributed by atoms with Gasteiger partial charge in [-0.3, -0.25) is 15.6 Å². The van der Waals surface area contributed by atoms with Crippen LogP contribution >= 0.6 is 11.3 Å². The number of nitrogens with one attached hydrogen (secondary N) is 2. The molecule has 1 aromatic heterocycles. The lowest BCUT2D eigenvalue weighted by Crippen LogP contribution is -2.28. The Morgan fingerprint density at radius 1 is 1.04 bits per heavy atom. The third-order valence-corrected chi connectivity index (χ3v) is 4.69. The first-order valence-corrected chi connectivity index (χ1v) is 8.35. The van der Waals surface area contributed by atoms with Crippen molar-refractivity contribution >= 4 is 22.9 Å². The second-order valence-corrected chi connectivity index (χ2v) is 6.51. The van der Waals surface area contributed by atoms with Gasteiger partial charge in [0.1, 0.15) is 5.75 Å². The quantitative estimate of drug-likeness (QED) is 0.674. The van der Waals surface area contributed by atoms with Gasteiger partial charge in [-0.1, -0.05) is 30.3 Å². The molecule has 3 rings (SSSR count). The second kappa shape index (κ2) is 7.19. The Labute approximate surface area is 145 Å². The van der Waals surface area contributed by atoms with Crippen molar-refractivity contribution in [3.05, 3.63) is 70.4 Å². The number of rotatable bonds is 5. The first-order chi connectivity index (χ1) is 11.7. The summed E-state index contributed by atoms with van der Waals surface area (Å²) in [4.78, 5) is 14.1. The van der Waals surface area contributed by atoms with E-state index in [9.17, 15) is 4.79 Å². The minimum atomic E-state index is -0.147. The monoisotopic (exact) mass is 338 g/mol. The Balaban J connectivity index is 1.74. The number of anilines is 1. The molecule has 0 unspecified atom stereocenters. The highest BCUT2D eigenvalue weighted by molar-refractivity contribution is 7.14. The van der Waals surface area contributed by atoms with E-state index in [-0.39, 0.29) is 5.91 Å². The van der Waals surface area contributed by atoms with E-state index in [1.54, 1.807) is 7.11 Å². The van der Waals surface area contributed by atoms with Gasteiger partial charge in [-0.05, 0) is 48.4 Å². The van der Waals surface area contributed by atoms with Gasteiger partial charge in [0.15, 0.2) is 0 Å². The van der Waals surface area contributed by atoms with E-state index in [2.05, 4.69) is 10.9 Å². The number of benzene rings is 2. The van der Waals surface area contributed by atoms with Crippen LogP contribution in [0.3, 0.4) is 0 Å². The van der Waals surface area contributed by atoms with Crippen molar-refractivity contribution in [1.29, 1.82) is 0 Å². The highest BCUT2D eigenvalue weighted by Gasteiger charge is 2.13. The number of carbonyl (C=O) groups is 1. The first kappa shape index (κ1) is 16.1. The lowest BCUT2D eigenvalue weighted by atomic mass is 10.1. The van der Waals surface area contributed by atoms with Crippen LogP contribution in [0.15, 0.2) is 60.7 Å². The molecule has 0 aliphatic carbocycles. The number of thiophene rings is 1. The molecule has 24 heavy (non-hydrogen) atoms. The van der Waals surface area contributed by atoms with Gasteiger partial charge in [0, 0.05) is 4.88 Å². The summed E-state index contributed by atoms with van der Waals surface area (Å²) in [5.74, 6) is 0.670. The fraction of sp³-hybridized carbons (Fsp3) is 0.105. The number of ether oxygens (including phenoxy) is 1. The third kappa shape index (κ3) is 3.58. The average Bonchev–Trinajstić information content (AvgIpc) is 3.02. The molecule has 1 heterocycles. The number of hydrogen-bond acceptors (Lipinski definition) is 4. The molecule has 0 spiro atoms. The van der Waals surface area contributed by atoms with Crippen molar-refractivity contribution in [2.24, 2.45) is 0 Å². The fourth-order valence-corrected chi connectivity index (χ4v) is 3.30. The zero-order chi connectivity index (χ0) is 16.9. The maximum Gasteiger partial charge on any atom is 0.279 e. The van der Waals surface area contributed by atoms with Crippen molar-refractivity contribution in [2.75, 3.05) is 12.5 Å². The van der Waals surface area contributed by atoms with Crippen LogP contribution in [0.1, 0.15) is 14.5 Å². The lowest BCUT2D eigenvalue weighted by molar-refractivity contribution is 0.0966. The van der Waals surface area contributed by atoms with E-state index in [0.29, 0.717) is 4.88 Å². The van der Waals surface area contributed by atoms with Crippen LogP contribution < -0.4 is 15.6 Å². The second-order valence-electron chi connectivity index (χ2n) is 5.25.